The first-order valence-electron chi connectivity index (χ1n) is 7.21. The molecule has 0 saturated carbocycles. The Morgan fingerprint density at radius 1 is 1.36 bits per heavy atom. The van der Waals surface area contributed by atoms with Crippen molar-refractivity contribution in [1.29, 1.82) is 0 Å². The van der Waals surface area contributed by atoms with Crippen LogP contribution in [-0.4, -0.2) is 42.6 Å². The molecule has 0 aromatic carbocycles. The number of hydrogen-bond donors (Lipinski definition) is 1. The molecule has 2 aromatic rings. The van der Waals surface area contributed by atoms with Crippen LogP contribution in [0.1, 0.15) is 18.5 Å². The number of aryl methyl sites for hydroxylation is 1. The fraction of sp³-hybridized carbons (Fsp3) is 0.538. The second kappa shape index (κ2) is 6.35. The molecular formula is C13H19N5O2S2. The van der Waals surface area contributed by atoms with Gasteiger partial charge < -0.3 is 9.47 Å². The normalized spacial score (nSPS) is 15.6. The third kappa shape index (κ3) is 3.47. The van der Waals surface area contributed by atoms with Crippen LogP contribution in [0.25, 0.3) is 0 Å². The summed E-state index contributed by atoms with van der Waals surface area (Å²) in [5.41, 5.74) is 0.927. The van der Waals surface area contributed by atoms with Crippen LogP contribution in [-0.2, 0) is 23.5 Å². The summed E-state index contributed by atoms with van der Waals surface area (Å²) in [5.74, 6) is 0. The number of imidazole rings is 1. The molecule has 2 aromatic heterocycles. The molecule has 0 atom stereocenters. The lowest BCUT2D eigenvalue weighted by Crippen LogP contribution is -2.26. The molecule has 0 spiro atoms. The molecule has 0 amide bonds. The van der Waals surface area contributed by atoms with Crippen molar-refractivity contribution in [3.8, 4) is 0 Å². The van der Waals surface area contributed by atoms with E-state index in [-0.39, 0.29) is 5.03 Å². The molecule has 3 heterocycles. The zero-order chi connectivity index (χ0) is 15.6. The van der Waals surface area contributed by atoms with Crippen molar-refractivity contribution in [3.05, 3.63) is 23.6 Å². The van der Waals surface area contributed by atoms with Crippen molar-refractivity contribution in [2.75, 3.05) is 24.5 Å². The lowest BCUT2D eigenvalue weighted by molar-refractivity contribution is 0.578. The highest BCUT2D eigenvalue weighted by Crippen LogP contribution is 2.24. The Balaban J connectivity index is 1.54. The number of sulfonamides is 1. The van der Waals surface area contributed by atoms with Crippen LogP contribution in [0.5, 0.6) is 0 Å². The molecule has 7 nitrogen and oxygen atoms in total. The second-order valence-corrected chi connectivity index (χ2v) is 7.89. The minimum Gasteiger partial charge on any atom is -0.348 e. The van der Waals surface area contributed by atoms with Crippen LogP contribution in [0.3, 0.4) is 0 Å². The van der Waals surface area contributed by atoms with Crippen LogP contribution in [0, 0.1) is 0 Å². The summed E-state index contributed by atoms with van der Waals surface area (Å²) in [7, 11) is -1.80. The van der Waals surface area contributed by atoms with Crippen LogP contribution < -0.4 is 9.62 Å². The Bertz CT molecular complexity index is 731. The van der Waals surface area contributed by atoms with Crippen LogP contribution in [0.15, 0.2) is 22.9 Å². The Morgan fingerprint density at radius 2 is 2.14 bits per heavy atom. The number of nitrogens with zero attached hydrogens (tertiary/aromatic N) is 4. The summed E-state index contributed by atoms with van der Waals surface area (Å²) in [6.45, 7) is 2.46. The van der Waals surface area contributed by atoms with Gasteiger partial charge in [-0.05, 0) is 12.8 Å². The molecule has 22 heavy (non-hydrogen) atoms. The minimum atomic E-state index is -3.54. The summed E-state index contributed by atoms with van der Waals surface area (Å²) in [5, 5.41) is 3.09. The number of hydrogen-bond acceptors (Lipinski definition) is 6. The van der Waals surface area contributed by atoms with Gasteiger partial charge in [-0.15, -0.1) is 11.3 Å². The molecule has 0 unspecified atom stereocenters. The van der Waals surface area contributed by atoms with E-state index in [1.54, 1.807) is 23.0 Å². The lowest BCUT2D eigenvalue weighted by atomic mass is 10.3. The van der Waals surface area contributed by atoms with E-state index in [0.29, 0.717) is 13.0 Å². The Morgan fingerprint density at radius 3 is 2.82 bits per heavy atom. The molecule has 0 radical (unpaired) electrons. The summed E-state index contributed by atoms with van der Waals surface area (Å²) in [6, 6.07) is 0. The van der Waals surface area contributed by atoms with Crippen LogP contribution in [0.2, 0.25) is 0 Å². The maximum atomic E-state index is 12.0. The highest BCUT2D eigenvalue weighted by atomic mass is 32.2. The first-order chi connectivity index (χ1) is 10.5. The topological polar surface area (TPSA) is 80.1 Å². The summed E-state index contributed by atoms with van der Waals surface area (Å²) in [4.78, 5) is 10.7. The predicted octanol–water partition coefficient (Wildman–Crippen LogP) is 0.998. The Labute approximate surface area is 134 Å². The molecule has 3 rings (SSSR count). The van der Waals surface area contributed by atoms with Gasteiger partial charge in [0.1, 0.15) is 0 Å². The highest BCUT2D eigenvalue weighted by molar-refractivity contribution is 7.89. The molecule has 1 aliphatic rings. The standard InChI is InChI=1S/C13H19N5O2S2/c1-17-8-12(14-10-17)22(19,20)15-5-4-11-9-21-13(16-11)18-6-2-3-7-18/h8-10,15H,2-7H2,1H3. The molecule has 120 valence electrons. The largest absolute Gasteiger partial charge is 0.348 e. The maximum Gasteiger partial charge on any atom is 0.259 e. The number of thiazole rings is 1. The van der Waals surface area contributed by atoms with E-state index in [2.05, 4.69) is 19.6 Å². The van der Waals surface area contributed by atoms with Gasteiger partial charge in [0.25, 0.3) is 10.0 Å². The number of rotatable bonds is 6. The SMILES string of the molecule is Cn1cnc(S(=O)(=O)NCCc2csc(N3CCCC3)n2)c1. The third-order valence-electron chi connectivity index (χ3n) is 3.55. The van der Waals surface area contributed by atoms with E-state index in [4.69, 9.17) is 0 Å². The highest BCUT2D eigenvalue weighted by Gasteiger charge is 2.18. The third-order valence-corrected chi connectivity index (χ3v) is 5.84. The van der Waals surface area contributed by atoms with Crippen molar-refractivity contribution >= 4 is 26.5 Å². The van der Waals surface area contributed by atoms with Gasteiger partial charge in [0, 0.05) is 44.7 Å². The van der Waals surface area contributed by atoms with E-state index in [9.17, 15) is 8.42 Å². The maximum absolute atomic E-state index is 12.0. The summed E-state index contributed by atoms with van der Waals surface area (Å²) < 4.78 is 28.2. The van der Waals surface area contributed by atoms with Gasteiger partial charge in [0.05, 0.1) is 12.0 Å². The Kier molecular flexibility index (Phi) is 4.46. The molecule has 1 saturated heterocycles. The minimum absolute atomic E-state index is 0.0473. The molecule has 0 aliphatic carbocycles. The van der Waals surface area contributed by atoms with Crippen molar-refractivity contribution in [2.24, 2.45) is 7.05 Å². The first kappa shape index (κ1) is 15.4. The van der Waals surface area contributed by atoms with E-state index in [1.807, 2.05) is 5.38 Å². The predicted molar refractivity (Wildman–Crippen MR) is 85.7 cm³/mol. The van der Waals surface area contributed by atoms with E-state index >= 15 is 0 Å². The van der Waals surface area contributed by atoms with Crippen molar-refractivity contribution in [3.63, 3.8) is 0 Å². The lowest BCUT2D eigenvalue weighted by Gasteiger charge is -2.12. The summed E-state index contributed by atoms with van der Waals surface area (Å²) >= 11 is 1.63. The number of aromatic nitrogens is 3. The molecule has 1 fully saturated rings. The number of anilines is 1. The van der Waals surface area contributed by atoms with Gasteiger partial charge in [-0.1, -0.05) is 0 Å². The fourth-order valence-corrected chi connectivity index (χ4v) is 4.30. The van der Waals surface area contributed by atoms with Crippen molar-refractivity contribution in [2.45, 2.75) is 24.3 Å². The van der Waals surface area contributed by atoms with E-state index < -0.39 is 10.0 Å². The van der Waals surface area contributed by atoms with Gasteiger partial charge in [0.15, 0.2) is 10.2 Å². The first-order valence-corrected chi connectivity index (χ1v) is 9.58. The van der Waals surface area contributed by atoms with Gasteiger partial charge >= 0.3 is 0 Å². The zero-order valence-electron chi connectivity index (χ0n) is 12.4. The summed E-state index contributed by atoms with van der Waals surface area (Å²) in [6.07, 6.45) is 5.97. The van der Waals surface area contributed by atoms with E-state index in [0.717, 1.165) is 23.9 Å². The van der Waals surface area contributed by atoms with E-state index in [1.165, 1.54) is 25.4 Å². The molecule has 1 N–H and O–H groups in total. The molecule has 0 bridgehead atoms. The monoisotopic (exact) mass is 341 g/mol. The van der Waals surface area contributed by atoms with Gasteiger partial charge in [0.2, 0.25) is 0 Å². The molecule has 9 heteroatoms. The van der Waals surface area contributed by atoms with Crippen molar-refractivity contribution in [1.82, 2.24) is 19.3 Å². The smallest absolute Gasteiger partial charge is 0.259 e. The van der Waals surface area contributed by atoms with Gasteiger partial charge in [-0.2, -0.15) is 0 Å². The van der Waals surface area contributed by atoms with Gasteiger partial charge in [-0.25, -0.2) is 23.1 Å². The second-order valence-electron chi connectivity index (χ2n) is 5.34. The quantitative estimate of drug-likeness (QED) is 0.848. The van der Waals surface area contributed by atoms with Crippen LogP contribution in [0.4, 0.5) is 5.13 Å². The average molecular weight is 341 g/mol. The fourth-order valence-electron chi connectivity index (χ4n) is 2.38. The van der Waals surface area contributed by atoms with Crippen molar-refractivity contribution < 1.29 is 8.42 Å². The van der Waals surface area contributed by atoms with Crippen LogP contribution >= 0.6 is 11.3 Å². The molecule has 1 aliphatic heterocycles. The zero-order valence-corrected chi connectivity index (χ0v) is 14.0. The van der Waals surface area contributed by atoms with Gasteiger partial charge in [-0.3, -0.25) is 0 Å². The molecular weight excluding hydrogens is 322 g/mol. The number of nitrogens with one attached hydrogen (secondary N) is 1. The average Bonchev–Trinajstić information content (AvgIpc) is 3.18. The Hall–Kier alpha value is -1.45.